The number of unbranched alkanes of at least 4 members (excludes halogenated alkanes) is 9. The molecule has 0 aliphatic carbocycles. The molecule has 0 aliphatic heterocycles. The van der Waals surface area contributed by atoms with Gasteiger partial charge in [-0.2, -0.15) is 0 Å². The summed E-state index contributed by atoms with van der Waals surface area (Å²) in [6.45, 7) is 2.78. The number of phenolic OH excluding ortho intramolecular Hbond substituents is 2. The van der Waals surface area contributed by atoms with E-state index in [1.807, 2.05) is 0 Å². The molecule has 0 saturated carbocycles. The van der Waals surface area contributed by atoms with Crippen LogP contribution in [-0.2, 0) is 0 Å². The van der Waals surface area contributed by atoms with Gasteiger partial charge in [0.05, 0.1) is 12.2 Å². The van der Waals surface area contributed by atoms with Crippen molar-refractivity contribution in [3.8, 4) is 11.5 Å². The highest BCUT2D eigenvalue weighted by Crippen LogP contribution is 2.22. The fourth-order valence-corrected chi connectivity index (χ4v) is 2.89. The third-order valence-corrected chi connectivity index (χ3v) is 4.54. The minimum atomic E-state index is -0.535. The summed E-state index contributed by atoms with van der Waals surface area (Å²) >= 11 is 0. The number of benzene rings is 1. The Hall–Kier alpha value is -2.44. The molecule has 0 saturated heterocycles. The summed E-state index contributed by atoms with van der Waals surface area (Å²) in [5.41, 5.74) is 0.0328. The molecule has 0 heterocycles. The Balaban J connectivity index is 1.99. The summed E-state index contributed by atoms with van der Waals surface area (Å²) in [6.07, 6.45) is 12.5. The van der Waals surface area contributed by atoms with Gasteiger partial charge in [-0.25, -0.2) is 4.79 Å². The Kier molecular flexibility index (Phi) is 12.3. The van der Waals surface area contributed by atoms with E-state index >= 15 is 0 Å². The van der Waals surface area contributed by atoms with Gasteiger partial charge in [-0.15, -0.1) is 0 Å². The number of carbonyl (C=O) groups excluding carboxylic acids is 2. The Morgan fingerprint density at radius 1 is 0.821 bits per heavy atom. The van der Waals surface area contributed by atoms with Crippen LogP contribution in [0.3, 0.4) is 0 Å². The first-order valence-corrected chi connectivity index (χ1v) is 10.4. The molecule has 28 heavy (non-hydrogen) atoms. The summed E-state index contributed by atoms with van der Waals surface area (Å²) in [5, 5.41) is 26.6. The largest absolute Gasteiger partial charge is 0.508 e. The van der Waals surface area contributed by atoms with Gasteiger partial charge >= 0.3 is 6.03 Å². The van der Waals surface area contributed by atoms with E-state index in [0.29, 0.717) is 6.54 Å². The third-order valence-electron chi connectivity index (χ3n) is 4.54. The average molecular weight is 394 g/mol. The molecular formula is C21H35N3O4. The third kappa shape index (κ3) is 10.6. The van der Waals surface area contributed by atoms with Gasteiger partial charge in [0.1, 0.15) is 11.5 Å². The molecule has 0 spiro atoms. The first-order valence-electron chi connectivity index (χ1n) is 10.4. The zero-order valence-electron chi connectivity index (χ0n) is 16.9. The molecule has 7 heteroatoms. The fraction of sp³-hybridized carbons (Fsp3) is 0.619. The molecule has 5 N–H and O–H groups in total. The second-order valence-electron chi connectivity index (χ2n) is 7.00. The van der Waals surface area contributed by atoms with Gasteiger partial charge in [-0.1, -0.05) is 64.7 Å². The quantitative estimate of drug-likeness (QED) is 0.243. The van der Waals surface area contributed by atoms with E-state index in [4.69, 9.17) is 0 Å². The number of rotatable bonds is 14. The first-order chi connectivity index (χ1) is 13.5. The second-order valence-corrected chi connectivity index (χ2v) is 7.00. The molecule has 0 atom stereocenters. The van der Waals surface area contributed by atoms with Crippen molar-refractivity contribution in [2.75, 3.05) is 13.2 Å². The highest BCUT2D eigenvalue weighted by molar-refractivity contribution is 5.97. The van der Waals surface area contributed by atoms with Crippen molar-refractivity contribution in [2.45, 2.75) is 71.1 Å². The van der Waals surface area contributed by atoms with Crippen molar-refractivity contribution in [3.05, 3.63) is 23.8 Å². The molecule has 0 bridgehead atoms. The smallest absolute Gasteiger partial charge is 0.316 e. The van der Waals surface area contributed by atoms with Crippen molar-refractivity contribution in [1.29, 1.82) is 0 Å². The predicted octanol–water partition coefficient (Wildman–Crippen LogP) is 4.01. The van der Waals surface area contributed by atoms with E-state index in [1.165, 1.54) is 63.5 Å². The van der Waals surface area contributed by atoms with Gasteiger partial charge in [-0.3, -0.25) is 4.79 Å². The van der Waals surface area contributed by atoms with Gasteiger partial charge in [0, 0.05) is 12.6 Å². The maximum Gasteiger partial charge on any atom is 0.316 e. The molecule has 0 fully saturated rings. The monoisotopic (exact) mass is 393 g/mol. The van der Waals surface area contributed by atoms with Crippen molar-refractivity contribution >= 4 is 11.9 Å². The van der Waals surface area contributed by atoms with Crippen LogP contribution in [0.2, 0.25) is 0 Å². The number of hydrogen-bond donors (Lipinski definition) is 5. The van der Waals surface area contributed by atoms with Gasteiger partial charge in [-0.05, 0) is 18.6 Å². The van der Waals surface area contributed by atoms with Gasteiger partial charge in [0.2, 0.25) is 0 Å². The Bertz CT molecular complexity index is 593. The standard InChI is InChI=1S/C21H35N3O4/c1-2-3-4-5-6-7-8-9-10-11-14-22-21(28)24-16-23-20(27)18-13-12-17(25)15-19(18)26/h12-13,15,25-26H,2-11,14,16H2,1H3,(H,23,27)(H2,22,24,28). The first kappa shape index (κ1) is 23.6. The number of phenols is 2. The van der Waals surface area contributed by atoms with E-state index in [2.05, 4.69) is 22.9 Å². The SMILES string of the molecule is CCCCCCCCCCCCNC(=O)NCNC(=O)c1ccc(O)cc1O. The Morgan fingerprint density at radius 3 is 2.04 bits per heavy atom. The number of urea groups is 1. The zero-order chi connectivity index (χ0) is 20.6. The second kappa shape index (κ2) is 14.6. The minimum Gasteiger partial charge on any atom is -0.508 e. The van der Waals surface area contributed by atoms with Crippen LogP contribution in [-0.4, -0.2) is 35.4 Å². The molecule has 158 valence electrons. The maximum atomic E-state index is 11.9. The number of carbonyl (C=O) groups is 2. The zero-order valence-corrected chi connectivity index (χ0v) is 16.9. The van der Waals surface area contributed by atoms with Crippen LogP contribution in [0, 0.1) is 0 Å². The predicted molar refractivity (Wildman–Crippen MR) is 110 cm³/mol. The molecule has 3 amide bonds. The molecule has 0 radical (unpaired) electrons. The summed E-state index contributed by atoms with van der Waals surface area (Å²) in [7, 11) is 0. The lowest BCUT2D eigenvalue weighted by Gasteiger charge is -2.10. The highest BCUT2D eigenvalue weighted by atomic mass is 16.3. The normalized spacial score (nSPS) is 10.5. The van der Waals surface area contributed by atoms with Crippen molar-refractivity contribution in [3.63, 3.8) is 0 Å². The Morgan fingerprint density at radius 2 is 1.43 bits per heavy atom. The van der Waals surface area contributed by atoms with Crippen LogP contribution in [0.1, 0.15) is 81.5 Å². The highest BCUT2D eigenvalue weighted by Gasteiger charge is 2.11. The molecule has 1 aromatic rings. The van der Waals surface area contributed by atoms with Gasteiger partial charge < -0.3 is 26.2 Å². The fourth-order valence-electron chi connectivity index (χ4n) is 2.89. The average Bonchev–Trinajstić information content (AvgIpc) is 2.66. The number of aromatic hydroxyl groups is 2. The van der Waals surface area contributed by atoms with Crippen LogP contribution < -0.4 is 16.0 Å². The van der Waals surface area contributed by atoms with Crippen LogP contribution >= 0.6 is 0 Å². The van der Waals surface area contributed by atoms with Gasteiger partial charge in [0.25, 0.3) is 5.91 Å². The van der Waals surface area contributed by atoms with E-state index in [-0.39, 0.29) is 29.8 Å². The lowest BCUT2D eigenvalue weighted by atomic mass is 10.1. The van der Waals surface area contributed by atoms with Crippen molar-refractivity contribution in [2.24, 2.45) is 0 Å². The van der Waals surface area contributed by atoms with E-state index in [0.717, 1.165) is 18.9 Å². The lowest BCUT2D eigenvalue weighted by Crippen LogP contribution is -2.42. The maximum absolute atomic E-state index is 11.9. The molecule has 0 unspecified atom stereocenters. The minimum absolute atomic E-state index is 0.0328. The molecule has 1 aromatic carbocycles. The lowest BCUT2D eigenvalue weighted by molar-refractivity contribution is 0.0949. The number of hydrogen-bond acceptors (Lipinski definition) is 4. The Labute approximate surface area is 167 Å². The number of amides is 3. The van der Waals surface area contributed by atoms with Crippen LogP contribution in [0.4, 0.5) is 4.79 Å². The van der Waals surface area contributed by atoms with Crippen LogP contribution in [0.5, 0.6) is 11.5 Å². The van der Waals surface area contributed by atoms with Crippen LogP contribution in [0.15, 0.2) is 18.2 Å². The van der Waals surface area contributed by atoms with Gasteiger partial charge in [0.15, 0.2) is 0 Å². The summed E-state index contributed by atoms with van der Waals surface area (Å²) in [6, 6.07) is 3.36. The molecule has 1 rings (SSSR count). The van der Waals surface area contributed by atoms with Crippen molar-refractivity contribution < 1.29 is 19.8 Å². The summed E-state index contributed by atoms with van der Waals surface area (Å²) in [5.74, 6) is -0.978. The van der Waals surface area contributed by atoms with Crippen molar-refractivity contribution in [1.82, 2.24) is 16.0 Å². The van der Waals surface area contributed by atoms with E-state index in [1.54, 1.807) is 0 Å². The number of nitrogens with one attached hydrogen (secondary N) is 3. The summed E-state index contributed by atoms with van der Waals surface area (Å²) < 4.78 is 0. The summed E-state index contributed by atoms with van der Waals surface area (Å²) in [4.78, 5) is 23.6. The van der Waals surface area contributed by atoms with E-state index < -0.39 is 5.91 Å². The molecule has 0 aromatic heterocycles. The van der Waals surface area contributed by atoms with Crippen LogP contribution in [0.25, 0.3) is 0 Å². The molecule has 7 nitrogen and oxygen atoms in total. The van der Waals surface area contributed by atoms with E-state index in [9.17, 15) is 19.8 Å². The topological polar surface area (TPSA) is 111 Å². The molecular weight excluding hydrogens is 358 g/mol. The molecule has 0 aliphatic rings.